The Morgan fingerprint density at radius 3 is 2.47 bits per heavy atom. The van der Waals surface area contributed by atoms with Gasteiger partial charge in [-0.05, 0) is 47.4 Å². The lowest BCUT2D eigenvalue weighted by atomic mass is 9.86. The summed E-state index contributed by atoms with van der Waals surface area (Å²) in [6.45, 7) is 9.31. The van der Waals surface area contributed by atoms with Gasteiger partial charge in [-0.1, -0.05) is 40.7 Å². The van der Waals surface area contributed by atoms with Crippen molar-refractivity contribution in [2.45, 2.75) is 46.6 Å². The van der Waals surface area contributed by atoms with Crippen molar-refractivity contribution in [2.75, 3.05) is 5.32 Å². The van der Waals surface area contributed by atoms with Gasteiger partial charge < -0.3 is 16.2 Å². The van der Waals surface area contributed by atoms with E-state index in [4.69, 9.17) is 11.0 Å². The molecule has 0 aliphatic heterocycles. The molecule has 0 aliphatic rings. The van der Waals surface area contributed by atoms with Crippen LogP contribution in [0.5, 0.6) is 0 Å². The van der Waals surface area contributed by atoms with Gasteiger partial charge in [0, 0.05) is 23.3 Å². The fraction of sp³-hybridized carbons (Fsp3) is 0.226. The number of rotatable bonds is 6. The molecule has 0 saturated carbocycles. The van der Waals surface area contributed by atoms with Gasteiger partial charge in [0.1, 0.15) is 23.3 Å². The van der Waals surface area contributed by atoms with Crippen LogP contribution in [-0.2, 0) is 12.0 Å². The maximum Gasteiger partial charge on any atom is 0.282 e. The number of carbonyl (C=O) groups is 1. The SMILES string of the molecule is CC.CC(C)(C)c1cc(F)c2c(=O)n(-c3cccc(-n4cc(C(N)=O)c(Nc5ccc(C#N)cn5)n4)c3CO)ncc2c1. The smallest absolute Gasteiger partial charge is 0.282 e. The van der Waals surface area contributed by atoms with Crippen molar-refractivity contribution >= 4 is 28.3 Å². The molecule has 0 saturated heterocycles. The van der Waals surface area contributed by atoms with Crippen LogP contribution in [0.3, 0.4) is 0 Å². The summed E-state index contributed by atoms with van der Waals surface area (Å²) in [6, 6.07) is 13.0. The summed E-state index contributed by atoms with van der Waals surface area (Å²) in [5.41, 5.74) is 6.44. The van der Waals surface area contributed by atoms with Gasteiger partial charge >= 0.3 is 0 Å². The number of primary amides is 1. The zero-order chi connectivity index (χ0) is 31.5. The van der Waals surface area contributed by atoms with Crippen LogP contribution in [0.1, 0.15) is 61.7 Å². The number of hydrogen-bond donors (Lipinski definition) is 3. The largest absolute Gasteiger partial charge is 0.392 e. The monoisotopic (exact) mass is 582 g/mol. The average molecular weight is 583 g/mol. The van der Waals surface area contributed by atoms with Crippen molar-refractivity contribution in [3.63, 3.8) is 0 Å². The number of nitrogens with one attached hydrogen (secondary N) is 1. The Hall–Kier alpha value is -5.41. The summed E-state index contributed by atoms with van der Waals surface area (Å²) in [5, 5.41) is 31.2. The number of halogens is 1. The molecule has 0 bridgehead atoms. The van der Waals surface area contributed by atoms with Crippen LogP contribution >= 0.6 is 0 Å². The number of benzene rings is 2. The molecule has 5 aromatic rings. The van der Waals surface area contributed by atoms with Crippen LogP contribution in [0, 0.1) is 17.1 Å². The predicted molar refractivity (Wildman–Crippen MR) is 161 cm³/mol. The topological polar surface area (TPSA) is 165 Å². The zero-order valence-corrected chi connectivity index (χ0v) is 24.4. The molecule has 11 nitrogen and oxygen atoms in total. The maximum absolute atomic E-state index is 15.2. The van der Waals surface area contributed by atoms with Gasteiger partial charge in [-0.3, -0.25) is 9.59 Å². The van der Waals surface area contributed by atoms with E-state index >= 15 is 4.39 Å². The number of nitriles is 1. The summed E-state index contributed by atoms with van der Waals surface area (Å²) < 4.78 is 17.6. The number of hydrogen-bond acceptors (Lipinski definition) is 8. The van der Waals surface area contributed by atoms with E-state index in [-0.39, 0.29) is 33.4 Å². The number of aromatic nitrogens is 5. The molecule has 0 fully saturated rings. The number of anilines is 2. The minimum Gasteiger partial charge on any atom is -0.392 e. The molecule has 4 N–H and O–H groups in total. The molecule has 0 radical (unpaired) electrons. The van der Waals surface area contributed by atoms with Crippen LogP contribution in [0.2, 0.25) is 0 Å². The van der Waals surface area contributed by atoms with Gasteiger partial charge in [0.05, 0.1) is 35.1 Å². The number of carbonyl (C=O) groups excluding carboxylic acids is 1. The van der Waals surface area contributed by atoms with Crippen molar-refractivity contribution < 1.29 is 14.3 Å². The van der Waals surface area contributed by atoms with E-state index in [0.717, 1.165) is 10.2 Å². The van der Waals surface area contributed by atoms with Crippen LogP contribution in [-0.4, -0.2) is 35.6 Å². The number of nitrogens with zero attached hydrogens (tertiary/aromatic N) is 6. The van der Waals surface area contributed by atoms with Crippen molar-refractivity contribution in [1.82, 2.24) is 24.5 Å². The van der Waals surface area contributed by atoms with Gasteiger partial charge in [-0.15, -0.1) is 5.10 Å². The first-order valence-corrected chi connectivity index (χ1v) is 13.5. The van der Waals surface area contributed by atoms with E-state index in [1.54, 1.807) is 36.4 Å². The number of pyridine rings is 1. The van der Waals surface area contributed by atoms with Gasteiger partial charge in [-0.2, -0.15) is 15.0 Å². The molecule has 2 aromatic carbocycles. The lowest BCUT2D eigenvalue weighted by Crippen LogP contribution is -2.24. The molecular weight excluding hydrogens is 551 g/mol. The molecule has 1 amide bonds. The highest BCUT2D eigenvalue weighted by Gasteiger charge is 2.22. The van der Waals surface area contributed by atoms with Crippen LogP contribution < -0.4 is 16.6 Å². The highest BCUT2D eigenvalue weighted by molar-refractivity contribution is 5.98. The first-order valence-electron chi connectivity index (χ1n) is 13.5. The molecular formula is C31H31FN8O3. The Morgan fingerprint density at radius 2 is 1.86 bits per heavy atom. The summed E-state index contributed by atoms with van der Waals surface area (Å²) in [5.74, 6) is -1.04. The van der Waals surface area contributed by atoms with Crippen molar-refractivity contribution in [3.05, 3.63) is 99.5 Å². The van der Waals surface area contributed by atoms with Crippen molar-refractivity contribution in [2.24, 2.45) is 5.73 Å². The van der Waals surface area contributed by atoms with E-state index < -0.39 is 23.9 Å². The Bertz CT molecular complexity index is 1920. The second-order valence-electron chi connectivity index (χ2n) is 10.3. The predicted octanol–water partition coefficient (Wildman–Crippen LogP) is 4.64. The molecule has 0 aliphatic carbocycles. The lowest BCUT2D eigenvalue weighted by Gasteiger charge is -2.20. The summed E-state index contributed by atoms with van der Waals surface area (Å²) in [4.78, 5) is 29.8. The Balaban J connectivity index is 0.00000207. The summed E-state index contributed by atoms with van der Waals surface area (Å²) >= 11 is 0. The van der Waals surface area contributed by atoms with Gasteiger partial charge in [0.15, 0.2) is 5.82 Å². The Morgan fingerprint density at radius 1 is 1.14 bits per heavy atom. The standard InChI is InChI=1S/C29H25FN8O3.C2H6/c1-29(2,3)18-9-17-13-34-38(28(41)25(17)21(30)10-18)23-6-4-5-22(20(23)15-39)37-14-19(26(32)40)27(36-37)35-24-8-7-16(11-31)12-33-24;1-2/h4-10,12-14,39H,15H2,1-3H3,(H2,32,40)(H,33,35,36);1-2H3. The van der Waals surface area contributed by atoms with Gasteiger partial charge in [0.25, 0.3) is 11.5 Å². The number of nitrogens with two attached hydrogens (primary N) is 1. The van der Waals surface area contributed by atoms with E-state index in [9.17, 15) is 14.7 Å². The van der Waals surface area contributed by atoms with E-state index in [0.29, 0.717) is 22.5 Å². The second-order valence-corrected chi connectivity index (χ2v) is 10.3. The minimum absolute atomic E-state index is 0.0307. The van der Waals surface area contributed by atoms with Crippen molar-refractivity contribution in [1.29, 1.82) is 5.26 Å². The van der Waals surface area contributed by atoms with E-state index in [2.05, 4.69) is 20.5 Å². The molecule has 0 atom stereocenters. The normalized spacial score (nSPS) is 11.0. The molecule has 43 heavy (non-hydrogen) atoms. The minimum atomic E-state index is -0.772. The molecule has 0 spiro atoms. The molecule has 0 unspecified atom stereocenters. The lowest BCUT2D eigenvalue weighted by molar-refractivity contribution is 0.100. The zero-order valence-electron chi connectivity index (χ0n) is 24.4. The fourth-order valence-corrected chi connectivity index (χ4v) is 4.40. The van der Waals surface area contributed by atoms with E-state index in [1.807, 2.05) is 40.7 Å². The molecule has 220 valence electrons. The van der Waals surface area contributed by atoms with Gasteiger partial charge in [-0.25, -0.2) is 14.1 Å². The first kappa shape index (κ1) is 30.5. The third-order valence-electron chi connectivity index (χ3n) is 6.58. The number of amides is 1. The molecule has 3 aromatic heterocycles. The van der Waals surface area contributed by atoms with E-state index in [1.165, 1.54) is 29.3 Å². The average Bonchev–Trinajstić information content (AvgIpc) is 3.41. The third kappa shape index (κ3) is 5.98. The Kier molecular flexibility index (Phi) is 8.68. The molecule has 3 heterocycles. The van der Waals surface area contributed by atoms with Crippen LogP contribution in [0.15, 0.2) is 65.8 Å². The summed E-state index contributed by atoms with van der Waals surface area (Å²) in [7, 11) is 0. The number of aliphatic hydroxyl groups excluding tert-OH is 1. The maximum atomic E-state index is 15.2. The highest BCUT2D eigenvalue weighted by Crippen LogP contribution is 2.28. The highest BCUT2D eigenvalue weighted by atomic mass is 19.1. The van der Waals surface area contributed by atoms with Crippen LogP contribution in [0.4, 0.5) is 16.0 Å². The fourth-order valence-electron chi connectivity index (χ4n) is 4.40. The number of aliphatic hydroxyl groups is 1. The summed E-state index contributed by atoms with van der Waals surface area (Å²) in [6.07, 6.45) is 4.14. The number of fused-ring (bicyclic) bond motifs is 1. The quantitative estimate of drug-likeness (QED) is 0.261. The second kappa shape index (κ2) is 12.2. The molecule has 5 rings (SSSR count). The van der Waals surface area contributed by atoms with Crippen LogP contribution in [0.25, 0.3) is 22.1 Å². The third-order valence-corrected chi connectivity index (χ3v) is 6.58. The Labute approximate surface area is 247 Å². The first-order chi connectivity index (χ1) is 20.5. The van der Waals surface area contributed by atoms with Gasteiger partial charge in [0.2, 0.25) is 0 Å². The molecule has 12 heteroatoms. The van der Waals surface area contributed by atoms with Crippen molar-refractivity contribution in [3.8, 4) is 17.4 Å².